The van der Waals surface area contributed by atoms with Crippen molar-refractivity contribution in [3.63, 3.8) is 0 Å². The van der Waals surface area contributed by atoms with Gasteiger partial charge in [0.25, 0.3) is 5.56 Å². The Labute approximate surface area is 137 Å². The summed E-state index contributed by atoms with van der Waals surface area (Å²) in [6.45, 7) is 4.43. The van der Waals surface area contributed by atoms with Gasteiger partial charge in [0.15, 0.2) is 0 Å². The van der Waals surface area contributed by atoms with Crippen LogP contribution in [0.15, 0.2) is 46.8 Å². The van der Waals surface area contributed by atoms with E-state index < -0.39 is 0 Å². The minimum atomic E-state index is -0.167. The van der Waals surface area contributed by atoms with Crippen LogP contribution in [-0.2, 0) is 11.3 Å². The highest BCUT2D eigenvalue weighted by atomic mass is 32.1. The number of amides is 1. The number of carbonyl (C=O) groups excluding carboxylic acids is 1. The molecule has 6 heteroatoms. The number of anilines is 1. The monoisotopic (exact) mass is 327 g/mol. The van der Waals surface area contributed by atoms with Crippen molar-refractivity contribution in [1.29, 1.82) is 0 Å². The summed E-state index contributed by atoms with van der Waals surface area (Å²) in [6, 6.07) is 9.54. The van der Waals surface area contributed by atoms with E-state index in [-0.39, 0.29) is 18.0 Å². The average Bonchev–Trinajstić information content (AvgIpc) is 3.02. The lowest BCUT2D eigenvalue weighted by Gasteiger charge is -2.23. The van der Waals surface area contributed by atoms with Gasteiger partial charge in [0.05, 0.1) is 11.8 Å². The van der Waals surface area contributed by atoms with Gasteiger partial charge >= 0.3 is 0 Å². The lowest BCUT2D eigenvalue weighted by atomic mass is 10.2. The van der Waals surface area contributed by atoms with E-state index in [0.29, 0.717) is 16.8 Å². The van der Waals surface area contributed by atoms with E-state index in [4.69, 9.17) is 0 Å². The number of nitrogens with zero attached hydrogens (tertiary/aromatic N) is 3. The molecule has 23 heavy (non-hydrogen) atoms. The molecule has 0 unspecified atom stereocenters. The summed E-state index contributed by atoms with van der Waals surface area (Å²) in [5, 5.41) is 1.83. The van der Waals surface area contributed by atoms with Gasteiger partial charge in [-0.2, -0.15) is 0 Å². The van der Waals surface area contributed by atoms with Gasteiger partial charge in [-0.05, 0) is 36.9 Å². The lowest BCUT2D eigenvalue weighted by molar-refractivity contribution is -0.119. The number of hydrogen-bond donors (Lipinski definition) is 0. The van der Waals surface area contributed by atoms with Gasteiger partial charge < -0.3 is 4.90 Å². The van der Waals surface area contributed by atoms with Crippen molar-refractivity contribution in [3.8, 4) is 0 Å². The molecule has 0 fully saturated rings. The van der Waals surface area contributed by atoms with Gasteiger partial charge in [-0.3, -0.25) is 14.2 Å². The summed E-state index contributed by atoms with van der Waals surface area (Å²) in [7, 11) is 0. The van der Waals surface area contributed by atoms with Crippen molar-refractivity contribution in [2.75, 3.05) is 11.4 Å². The molecular formula is C17H17N3O2S. The van der Waals surface area contributed by atoms with E-state index in [1.807, 2.05) is 43.5 Å². The van der Waals surface area contributed by atoms with Crippen LogP contribution in [0.4, 0.5) is 5.69 Å². The molecule has 118 valence electrons. The zero-order chi connectivity index (χ0) is 16.4. The Kier molecular flexibility index (Phi) is 4.25. The van der Waals surface area contributed by atoms with Crippen LogP contribution in [0, 0.1) is 6.92 Å². The van der Waals surface area contributed by atoms with Gasteiger partial charge in [0, 0.05) is 12.2 Å². The van der Waals surface area contributed by atoms with Crippen LogP contribution in [0.5, 0.6) is 0 Å². The molecule has 0 aliphatic heterocycles. The van der Waals surface area contributed by atoms with Crippen molar-refractivity contribution in [2.24, 2.45) is 0 Å². The van der Waals surface area contributed by atoms with Crippen molar-refractivity contribution in [2.45, 2.75) is 20.4 Å². The normalized spacial score (nSPS) is 10.9. The van der Waals surface area contributed by atoms with Crippen LogP contribution < -0.4 is 10.5 Å². The van der Waals surface area contributed by atoms with E-state index in [0.717, 1.165) is 11.3 Å². The molecule has 2 aromatic heterocycles. The molecule has 0 N–H and O–H groups in total. The molecule has 3 aromatic rings. The maximum absolute atomic E-state index is 12.7. The number of fused-ring (bicyclic) bond motifs is 1. The predicted octanol–water partition coefficient (Wildman–Crippen LogP) is 2.82. The van der Waals surface area contributed by atoms with E-state index in [1.54, 1.807) is 11.0 Å². The summed E-state index contributed by atoms with van der Waals surface area (Å²) < 4.78 is 1.96. The quantitative estimate of drug-likeness (QED) is 0.740. The SMILES string of the molecule is CCN(C(=O)Cn1cnc2ccsc2c1=O)c1ccccc1C. The third-order valence-corrected chi connectivity index (χ3v) is 4.66. The zero-order valence-corrected chi connectivity index (χ0v) is 13.8. The molecule has 1 amide bonds. The number of likely N-dealkylation sites (N-methyl/N-ethyl adjacent to an activating group) is 1. The fourth-order valence-corrected chi connectivity index (χ4v) is 3.36. The molecule has 2 heterocycles. The van der Waals surface area contributed by atoms with E-state index in [9.17, 15) is 9.59 Å². The number of aromatic nitrogens is 2. The largest absolute Gasteiger partial charge is 0.311 e. The average molecular weight is 327 g/mol. The second-order valence-electron chi connectivity index (χ2n) is 5.24. The Hall–Kier alpha value is -2.47. The van der Waals surface area contributed by atoms with Gasteiger partial charge in [-0.15, -0.1) is 11.3 Å². The van der Waals surface area contributed by atoms with Crippen molar-refractivity contribution >= 4 is 33.1 Å². The van der Waals surface area contributed by atoms with Gasteiger partial charge in [-0.1, -0.05) is 18.2 Å². The van der Waals surface area contributed by atoms with Crippen LogP contribution in [0.1, 0.15) is 12.5 Å². The Bertz CT molecular complexity index is 913. The fourth-order valence-electron chi connectivity index (χ4n) is 2.57. The Balaban J connectivity index is 1.91. The van der Waals surface area contributed by atoms with Crippen molar-refractivity contribution in [1.82, 2.24) is 9.55 Å². The van der Waals surface area contributed by atoms with Crippen LogP contribution in [-0.4, -0.2) is 22.0 Å². The summed E-state index contributed by atoms with van der Waals surface area (Å²) >= 11 is 1.35. The molecular weight excluding hydrogens is 310 g/mol. The minimum Gasteiger partial charge on any atom is -0.311 e. The first-order valence-corrected chi connectivity index (χ1v) is 8.28. The molecule has 3 rings (SSSR count). The predicted molar refractivity (Wildman–Crippen MR) is 93.1 cm³/mol. The molecule has 0 spiro atoms. The third-order valence-electron chi connectivity index (χ3n) is 3.76. The standard InChI is InChI=1S/C17H17N3O2S/c1-3-20(14-7-5-4-6-12(14)2)15(21)10-19-11-18-13-8-9-23-16(13)17(19)22/h4-9,11H,3,10H2,1-2H3. The van der Waals surface area contributed by atoms with Crippen LogP contribution in [0.2, 0.25) is 0 Å². The summed E-state index contributed by atoms with van der Waals surface area (Å²) in [6.07, 6.45) is 1.45. The van der Waals surface area contributed by atoms with Crippen molar-refractivity contribution < 1.29 is 4.79 Å². The lowest BCUT2D eigenvalue weighted by Crippen LogP contribution is -2.36. The van der Waals surface area contributed by atoms with Crippen LogP contribution in [0.3, 0.4) is 0 Å². The molecule has 0 bridgehead atoms. The second kappa shape index (κ2) is 6.34. The first kappa shape index (κ1) is 15.4. The third kappa shape index (κ3) is 2.90. The Morgan fingerprint density at radius 1 is 1.30 bits per heavy atom. The fraction of sp³-hybridized carbons (Fsp3) is 0.235. The highest BCUT2D eigenvalue weighted by Gasteiger charge is 2.17. The number of benzene rings is 1. The second-order valence-corrected chi connectivity index (χ2v) is 6.15. The topological polar surface area (TPSA) is 55.2 Å². The maximum Gasteiger partial charge on any atom is 0.271 e. The molecule has 0 radical (unpaired) electrons. The van der Waals surface area contributed by atoms with E-state index in [2.05, 4.69) is 4.98 Å². The zero-order valence-electron chi connectivity index (χ0n) is 13.0. The maximum atomic E-state index is 12.7. The van der Waals surface area contributed by atoms with Crippen molar-refractivity contribution in [3.05, 3.63) is 58.0 Å². The Morgan fingerprint density at radius 2 is 2.09 bits per heavy atom. The smallest absolute Gasteiger partial charge is 0.271 e. The number of carbonyl (C=O) groups is 1. The number of thiophene rings is 1. The van der Waals surface area contributed by atoms with Crippen LogP contribution in [0.25, 0.3) is 10.2 Å². The first-order chi connectivity index (χ1) is 11.1. The molecule has 5 nitrogen and oxygen atoms in total. The van der Waals surface area contributed by atoms with Crippen LogP contribution >= 0.6 is 11.3 Å². The highest BCUT2D eigenvalue weighted by molar-refractivity contribution is 7.17. The Morgan fingerprint density at radius 3 is 2.83 bits per heavy atom. The molecule has 0 atom stereocenters. The molecule has 0 aliphatic carbocycles. The molecule has 0 saturated carbocycles. The first-order valence-electron chi connectivity index (χ1n) is 7.40. The number of rotatable bonds is 4. The van der Waals surface area contributed by atoms with E-state index in [1.165, 1.54) is 22.2 Å². The molecule has 1 aromatic carbocycles. The molecule has 0 saturated heterocycles. The summed E-state index contributed by atoms with van der Waals surface area (Å²) in [5.41, 5.74) is 2.41. The number of aryl methyl sites for hydroxylation is 1. The number of hydrogen-bond acceptors (Lipinski definition) is 4. The molecule has 0 aliphatic rings. The van der Waals surface area contributed by atoms with Gasteiger partial charge in [-0.25, -0.2) is 4.98 Å². The minimum absolute atomic E-state index is 0.0121. The summed E-state index contributed by atoms with van der Waals surface area (Å²) in [5.74, 6) is -0.124. The number of para-hydroxylation sites is 1. The van der Waals surface area contributed by atoms with Gasteiger partial charge in [0.2, 0.25) is 5.91 Å². The highest BCUT2D eigenvalue weighted by Crippen LogP contribution is 2.19. The van der Waals surface area contributed by atoms with Gasteiger partial charge in [0.1, 0.15) is 11.2 Å². The summed E-state index contributed by atoms with van der Waals surface area (Å²) in [4.78, 5) is 31.0. The van der Waals surface area contributed by atoms with E-state index >= 15 is 0 Å².